The molecule has 0 spiro atoms. The van der Waals surface area contributed by atoms with Crippen LogP contribution in [0.1, 0.15) is 5.56 Å². The molecule has 0 aliphatic carbocycles. The van der Waals surface area contributed by atoms with Crippen molar-refractivity contribution < 1.29 is 9.47 Å². The average Bonchev–Trinajstić information content (AvgIpc) is 2.55. The molecule has 0 saturated heterocycles. The first-order valence-electron chi connectivity index (χ1n) is 6.65. The van der Waals surface area contributed by atoms with Crippen LogP contribution in [-0.4, -0.2) is 15.0 Å². The first-order valence-corrected chi connectivity index (χ1v) is 7.41. The molecule has 0 atom stereocenters. The number of rotatable bonds is 4. The van der Waals surface area contributed by atoms with E-state index in [4.69, 9.17) is 32.7 Å². The zero-order chi connectivity index (χ0) is 16.9. The maximum Gasteiger partial charge on any atom is 0.225 e. The molecule has 0 fully saturated rings. The van der Waals surface area contributed by atoms with Gasteiger partial charge in [0.15, 0.2) is 11.5 Å². The van der Waals surface area contributed by atoms with Gasteiger partial charge in [-0.25, -0.2) is 9.97 Å². The lowest BCUT2D eigenvalue weighted by atomic mass is 10.2. The molecule has 118 valence electrons. The topological polar surface area (TPSA) is 80.9 Å². The van der Waals surface area contributed by atoms with E-state index in [1.807, 2.05) is 6.07 Å². The summed E-state index contributed by atoms with van der Waals surface area (Å²) in [7, 11) is 0. The van der Waals surface area contributed by atoms with Crippen molar-refractivity contribution in [1.29, 1.82) is 5.26 Å². The van der Waals surface area contributed by atoms with Crippen molar-refractivity contribution in [3.05, 3.63) is 64.7 Å². The summed E-state index contributed by atoms with van der Waals surface area (Å²) in [5.74, 6) is 1.03. The molecule has 3 aromatic rings. The summed E-state index contributed by atoms with van der Waals surface area (Å²) in [6.07, 6.45) is 1.45. The third-order valence-electron chi connectivity index (χ3n) is 2.82. The molecule has 2 heterocycles. The Bertz CT molecular complexity index is 862. The Morgan fingerprint density at radius 3 is 2.17 bits per heavy atom. The van der Waals surface area contributed by atoms with Crippen LogP contribution in [0, 0.1) is 11.3 Å². The van der Waals surface area contributed by atoms with Crippen LogP contribution in [0.15, 0.2) is 48.7 Å². The third-order valence-corrected chi connectivity index (χ3v) is 3.21. The number of pyridine rings is 1. The summed E-state index contributed by atoms with van der Waals surface area (Å²) < 4.78 is 11.2. The van der Waals surface area contributed by atoms with Gasteiger partial charge in [0, 0.05) is 18.3 Å². The summed E-state index contributed by atoms with van der Waals surface area (Å²) in [4.78, 5) is 11.7. The smallest absolute Gasteiger partial charge is 0.225 e. The Kier molecular flexibility index (Phi) is 4.75. The molecule has 0 bridgehead atoms. The molecular weight excluding hydrogens is 351 g/mol. The van der Waals surface area contributed by atoms with E-state index < -0.39 is 0 Å². The SMILES string of the molecule is N#Cc1c(Oc2cccc(Cl)n2)cccc1Oc1ccnc(Cl)n1. The molecule has 0 saturated carbocycles. The predicted molar refractivity (Wildman–Crippen MR) is 87.6 cm³/mol. The molecule has 24 heavy (non-hydrogen) atoms. The number of nitrogens with zero attached hydrogens (tertiary/aromatic N) is 4. The summed E-state index contributed by atoms with van der Waals surface area (Å²) in [5, 5.41) is 9.78. The van der Waals surface area contributed by atoms with E-state index in [1.54, 1.807) is 36.4 Å². The lowest BCUT2D eigenvalue weighted by molar-refractivity contribution is 0.439. The van der Waals surface area contributed by atoms with E-state index in [0.717, 1.165) is 0 Å². The van der Waals surface area contributed by atoms with Gasteiger partial charge in [-0.15, -0.1) is 0 Å². The van der Waals surface area contributed by atoms with E-state index in [0.29, 0.717) is 0 Å². The summed E-state index contributed by atoms with van der Waals surface area (Å²) >= 11 is 11.6. The zero-order valence-electron chi connectivity index (χ0n) is 12.0. The highest BCUT2D eigenvalue weighted by atomic mass is 35.5. The van der Waals surface area contributed by atoms with Crippen molar-refractivity contribution >= 4 is 23.2 Å². The molecule has 8 heteroatoms. The Labute approximate surface area is 147 Å². The second kappa shape index (κ2) is 7.13. The maximum absolute atomic E-state index is 9.45. The zero-order valence-corrected chi connectivity index (χ0v) is 13.5. The van der Waals surface area contributed by atoms with Crippen molar-refractivity contribution in [1.82, 2.24) is 15.0 Å². The van der Waals surface area contributed by atoms with Crippen molar-refractivity contribution in [2.45, 2.75) is 0 Å². The van der Waals surface area contributed by atoms with Crippen LogP contribution in [0.2, 0.25) is 10.4 Å². The standard InChI is InChI=1S/C16H8Cl2N4O2/c17-13-5-2-6-14(21-13)23-11-3-1-4-12(10(11)9-19)24-15-7-8-20-16(18)22-15/h1-8H. The number of aromatic nitrogens is 3. The fourth-order valence-electron chi connectivity index (χ4n) is 1.84. The quantitative estimate of drug-likeness (QED) is 0.499. The molecule has 3 rings (SSSR count). The maximum atomic E-state index is 9.45. The van der Waals surface area contributed by atoms with Gasteiger partial charge in [-0.05, 0) is 29.8 Å². The van der Waals surface area contributed by atoms with Crippen LogP contribution in [0.5, 0.6) is 23.3 Å². The van der Waals surface area contributed by atoms with Crippen LogP contribution in [0.25, 0.3) is 0 Å². The fourth-order valence-corrected chi connectivity index (χ4v) is 2.14. The van der Waals surface area contributed by atoms with E-state index in [2.05, 4.69) is 15.0 Å². The average molecular weight is 359 g/mol. The highest BCUT2D eigenvalue weighted by Crippen LogP contribution is 2.33. The third kappa shape index (κ3) is 3.71. The molecule has 1 aromatic carbocycles. The molecule has 0 amide bonds. The van der Waals surface area contributed by atoms with Crippen LogP contribution < -0.4 is 9.47 Å². The van der Waals surface area contributed by atoms with Gasteiger partial charge < -0.3 is 9.47 Å². The van der Waals surface area contributed by atoms with Crippen molar-refractivity contribution in [3.63, 3.8) is 0 Å². The molecule has 2 aromatic heterocycles. The van der Waals surface area contributed by atoms with Crippen LogP contribution in [-0.2, 0) is 0 Å². The van der Waals surface area contributed by atoms with Gasteiger partial charge in [0.2, 0.25) is 17.0 Å². The normalized spacial score (nSPS) is 10.0. The Morgan fingerprint density at radius 2 is 1.54 bits per heavy atom. The molecule has 0 unspecified atom stereocenters. The molecule has 0 aliphatic rings. The largest absolute Gasteiger partial charge is 0.437 e. The van der Waals surface area contributed by atoms with Gasteiger partial charge in [-0.2, -0.15) is 10.2 Å². The molecule has 6 nitrogen and oxygen atoms in total. The molecule has 0 N–H and O–H groups in total. The van der Waals surface area contributed by atoms with Crippen LogP contribution >= 0.6 is 23.2 Å². The number of hydrogen-bond acceptors (Lipinski definition) is 6. The second-order valence-electron chi connectivity index (χ2n) is 4.41. The van der Waals surface area contributed by atoms with Gasteiger partial charge in [0.1, 0.15) is 16.8 Å². The first kappa shape index (κ1) is 16.0. The van der Waals surface area contributed by atoms with Crippen molar-refractivity contribution in [3.8, 4) is 29.3 Å². The van der Waals surface area contributed by atoms with Crippen LogP contribution in [0.3, 0.4) is 0 Å². The minimum atomic E-state index is 0.0431. The van der Waals surface area contributed by atoms with Gasteiger partial charge in [-0.1, -0.05) is 23.7 Å². The highest BCUT2D eigenvalue weighted by molar-refractivity contribution is 6.29. The van der Waals surface area contributed by atoms with E-state index in [9.17, 15) is 5.26 Å². The van der Waals surface area contributed by atoms with Crippen molar-refractivity contribution in [2.75, 3.05) is 0 Å². The number of hydrogen-bond donors (Lipinski definition) is 0. The van der Waals surface area contributed by atoms with Gasteiger partial charge in [0.25, 0.3) is 0 Å². The van der Waals surface area contributed by atoms with Gasteiger partial charge in [0.05, 0.1) is 0 Å². The lowest BCUT2D eigenvalue weighted by Crippen LogP contribution is -1.95. The second-order valence-corrected chi connectivity index (χ2v) is 5.13. The van der Waals surface area contributed by atoms with E-state index in [1.165, 1.54) is 12.3 Å². The number of halogens is 2. The number of nitriles is 1. The summed E-state index contributed by atoms with van der Waals surface area (Å²) in [6.45, 7) is 0. The van der Waals surface area contributed by atoms with Gasteiger partial charge >= 0.3 is 0 Å². The van der Waals surface area contributed by atoms with Crippen molar-refractivity contribution in [2.24, 2.45) is 0 Å². The first-order chi connectivity index (χ1) is 11.7. The monoisotopic (exact) mass is 358 g/mol. The molecule has 0 aliphatic heterocycles. The number of benzene rings is 1. The number of ether oxygens (including phenoxy) is 2. The Balaban J connectivity index is 1.93. The predicted octanol–water partition coefficient (Wildman–Crippen LogP) is 4.63. The Morgan fingerprint density at radius 1 is 0.875 bits per heavy atom. The highest BCUT2D eigenvalue weighted by Gasteiger charge is 2.13. The molecular formula is C16H8Cl2N4O2. The Hall–Kier alpha value is -2.88. The van der Waals surface area contributed by atoms with E-state index in [-0.39, 0.29) is 39.3 Å². The minimum Gasteiger partial charge on any atom is -0.437 e. The molecule has 0 radical (unpaired) electrons. The lowest BCUT2D eigenvalue weighted by Gasteiger charge is -2.11. The minimum absolute atomic E-state index is 0.0431. The summed E-state index contributed by atoms with van der Waals surface area (Å²) in [6, 6.07) is 13.4. The van der Waals surface area contributed by atoms with Crippen LogP contribution in [0.4, 0.5) is 0 Å². The summed E-state index contributed by atoms with van der Waals surface area (Å²) in [5.41, 5.74) is 0.189. The van der Waals surface area contributed by atoms with Gasteiger partial charge in [-0.3, -0.25) is 0 Å². The fraction of sp³-hybridized carbons (Fsp3) is 0. The van der Waals surface area contributed by atoms with E-state index >= 15 is 0 Å².